The predicted molar refractivity (Wildman–Crippen MR) is 77.4 cm³/mol. The van der Waals surface area contributed by atoms with E-state index in [1.807, 2.05) is 0 Å². The van der Waals surface area contributed by atoms with E-state index >= 15 is 0 Å². The van der Waals surface area contributed by atoms with Crippen molar-refractivity contribution >= 4 is 17.3 Å². The maximum absolute atomic E-state index is 13.6. The first-order valence-corrected chi connectivity index (χ1v) is 7.37. The summed E-state index contributed by atoms with van der Waals surface area (Å²) < 4.78 is 56.1. The molecule has 0 spiro atoms. The lowest BCUT2D eigenvalue weighted by Crippen LogP contribution is -2.14. The number of carbonyl (C=O) groups is 1. The topological polar surface area (TPSA) is 59.4 Å². The number of nitrogens with zero attached hydrogens (tertiary/aromatic N) is 1. The van der Waals surface area contributed by atoms with Gasteiger partial charge in [0.2, 0.25) is 0 Å². The van der Waals surface area contributed by atoms with E-state index in [9.17, 15) is 27.5 Å². The van der Waals surface area contributed by atoms with Gasteiger partial charge in [-0.05, 0) is 18.2 Å². The summed E-state index contributed by atoms with van der Waals surface area (Å²) in [6, 6.07) is 1.79. The van der Waals surface area contributed by atoms with Crippen LogP contribution in [0, 0.1) is 5.82 Å². The fourth-order valence-corrected chi connectivity index (χ4v) is 2.38. The number of aromatic nitrogens is 1. The van der Waals surface area contributed by atoms with Crippen LogP contribution in [0.25, 0.3) is 0 Å². The zero-order chi connectivity index (χ0) is 17.9. The van der Waals surface area contributed by atoms with Gasteiger partial charge in [-0.15, -0.1) is 11.3 Å². The van der Waals surface area contributed by atoms with E-state index in [2.05, 4.69) is 11.6 Å². The molecule has 1 N–H and O–H groups in total. The molecule has 0 saturated heterocycles. The third-order valence-electron chi connectivity index (χ3n) is 3.01. The Morgan fingerprint density at radius 1 is 1.42 bits per heavy atom. The lowest BCUT2D eigenvalue weighted by atomic mass is 10.1. The monoisotopic (exact) mass is 361 g/mol. The number of aliphatic hydroxyl groups is 1. The van der Waals surface area contributed by atoms with Gasteiger partial charge in [0.1, 0.15) is 23.5 Å². The molecule has 2 aromatic rings. The van der Waals surface area contributed by atoms with Gasteiger partial charge in [-0.25, -0.2) is 14.2 Å². The Kier molecular flexibility index (Phi) is 5.35. The van der Waals surface area contributed by atoms with E-state index in [4.69, 9.17) is 4.74 Å². The summed E-state index contributed by atoms with van der Waals surface area (Å²) in [6.07, 6.45) is -4.62. The summed E-state index contributed by atoms with van der Waals surface area (Å²) in [5.41, 5.74) is -1.84. The second-order valence-electron chi connectivity index (χ2n) is 4.68. The fraction of sp³-hybridized carbons (Fsp3) is 0.200. The first-order valence-electron chi connectivity index (χ1n) is 6.49. The summed E-state index contributed by atoms with van der Waals surface area (Å²) in [4.78, 5) is 15.6. The molecule has 0 amide bonds. The molecular formula is C15H11F4NO3S. The molecule has 2 rings (SSSR count). The minimum absolute atomic E-state index is 0.210. The first-order chi connectivity index (χ1) is 11.2. The molecule has 0 aliphatic heterocycles. The number of alkyl halides is 3. The second kappa shape index (κ2) is 7.10. The molecule has 0 fully saturated rings. The van der Waals surface area contributed by atoms with Crippen LogP contribution in [0.2, 0.25) is 0 Å². The molecule has 0 aliphatic carbocycles. The smallest absolute Gasteiger partial charge is 0.416 e. The highest BCUT2D eigenvalue weighted by Gasteiger charge is 2.31. The van der Waals surface area contributed by atoms with Gasteiger partial charge in [-0.2, -0.15) is 13.2 Å². The van der Waals surface area contributed by atoms with Crippen LogP contribution >= 0.6 is 11.3 Å². The second-order valence-corrected chi connectivity index (χ2v) is 5.60. The van der Waals surface area contributed by atoms with Crippen molar-refractivity contribution in [2.45, 2.75) is 18.9 Å². The molecule has 24 heavy (non-hydrogen) atoms. The van der Waals surface area contributed by atoms with Crippen molar-refractivity contribution in [2.75, 3.05) is 0 Å². The van der Waals surface area contributed by atoms with Gasteiger partial charge in [0.25, 0.3) is 0 Å². The molecule has 0 radical (unpaired) electrons. The Hall–Kier alpha value is -2.26. The van der Waals surface area contributed by atoms with Gasteiger partial charge >= 0.3 is 12.1 Å². The summed E-state index contributed by atoms with van der Waals surface area (Å²) in [6.45, 7) is 2.65. The summed E-state index contributed by atoms with van der Waals surface area (Å²) in [5, 5.41) is 11.7. The number of thiazole rings is 1. The summed E-state index contributed by atoms with van der Waals surface area (Å²) in [7, 11) is 0. The quantitative estimate of drug-likeness (QED) is 0.502. The third-order valence-corrected chi connectivity index (χ3v) is 3.84. The number of hydrogen-bond acceptors (Lipinski definition) is 5. The van der Waals surface area contributed by atoms with Gasteiger partial charge < -0.3 is 9.84 Å². The molecule has 1 heterocycles. The Morgan fingerprint density at radius 3 is 2.71 bits per heavy atom. The van der Waals surface area contributed by atoms with Crippen LogP contribution in [0.3, 0.4) is 0 Å². The van der Waals surface area contributed by atoms with Crippen LogP contribution in [0.4, 0.5) is 17.6 Å². The highest BCUT2D eigenvalue weighted by molar-refractivity contribution is 7.09. The van der Waals surface area contributed by atoms with E-state index in [0.29, 0.717) is 18.2 Å². The van der Waals surface area contributed by atoms with Crippen LogP contribution in [0.15, 0.2) is 41.9 Å². The number of rotatable bonds is 5. The van der Waals surface area contributed by atoms with Crippen molar-refractivity contribution < 1.29 is 32.2 Å². The van der Waals surface area contributed by atoms with Crippen LogP contribution in [-0.2, 0) is 22.3 Å². The lowest BCUT2D eigenvalue weighted by Gasteiger charge is -2.13. The fourth-order valence-electron chi connectivity index (χ4n) is 1.73. The number of benzene rings is 1. The Morgan fingerprint density at radius 2 is 2.12 bits per heavy atom. The average molecular weight is 361 g/mol. The van der Waals surface area contributed by atoms with Crippen molar-refractivity contribution in [3.63, 3.8) is 0 Å². The molecule has 1 aromatic heterocycles. The number of carbonyl (C=O) groups excluding carboxylic acids is 1. The highest BCUT2D eigenvalue weighted by Crippen LogP contribution is 2.30. The van der Waals surface area contributed by atoms with Crippen molar-refractivity contribution in [3.05, 3.63) is 63.9 Å². The van der Waals surface area contributed by atoms with Gasteiger partial charge in [0.15, 0.2) is 0 Å². The Balaban J connectivity index is 2.05. The van der Waals surface area contributed by atoms with Crippen molar-refractivity contribution in [1.29, 1.82) is 0 Å². The van der Waals surface area contributed by atoms with E-state index in [1.54, 1.807) is 5.38 Å². The van der Waals surface area contributed by atoms with E-state index < -0.39 is 41.8 Å². The van der Waals surface area contributed by atoms with E-state index in [0.717, 1.165) is 11.3 Å². The van der Waals surface area contributed by atoms with Crippen molar-refractivity contribution in [2.24, 2.45) is 0 Å². The van der Waals surface area contributed by atoms with Crippen LogP contribution < -0.4 is 0 Å². The Bertz CT molecular complexity index is 744. The zero-order valence-corrected chi connectivity index (χ0v) is 12.8. The van der Waals surface area contributed by atoms with Crippen molar-refractivity contribution in [3.8, 4) is 0 Å². The minimum Gasteiger partial charge on any atom is -0.457 e. The van der Waals surface area contributed by atoms with E-state index in [1.165, 1.54) is 6.20 Å². The minimum atomic E-state index is -4.64. The molecule has 1 unspecified atom stereocenters. The molecule has 0 saturated carbocycles. The highest BCUT2D eigenvalue weighted by atomic mass is 32.1. The summed E-state index contributed by atoms with van der Waals surface area (Å²) in [5.74, 6) is -2.00. The number of halogens is 4. The van der Waals surface area contributed by atoms with Crippen LogP contribution in [0.1, 0.15) is 22.2 Å². The average Bonchev–Trinajstić information content (AvgIpc) is 3.05. The number of hydrogen-bond donors (Lipinski definition) is 1. The van der Waals surface area contributed by atoms with Crippen LogP contribution in [-0.4, -0.2) is 16.1 Å². The lowest BCUT2D eigenvalue weighted by molar-refractivity contribution is -0.141. The molecule has 9 heteroatoms. The Labute approximate surface area is 138 Å². The SMILES string of the molecule is C=C(C(=O)OCc1cc(C(F)(F)F)ccc1F)C(O)c1nccs1. The zero-order valence-electron chi connectivity index (χ0n) is 12.0. The van der Waals surface area contributed by atoms with Crippen molar-refractivity contribution in [1.82, 2.24) is 4.98 Å². The molecule has 0 aliphatic rings. The van der Waals surface area contributed by atoms with Gasteiger partial charge in [0.05, 0.1) is 11.1 Å². The molecule has 4 nitrogen and oxygen atoms in total. The first kappa shape index (κ1) is 18.1. The maximum Gasteiger partial charge on any atom is 0.416 e. The molecule has 1 aromatic carbocycles. The third kappa shape index (κ3) is 4.18. The summed E-state index contributed by atoms with van der Waals surface area (Å²) >= 11 is 1.08. The van der Waals surface area contributed by atoms with Gasteiger partial charge in [-0.3, -0.25) is 0 Å². The predicted octanol–water partition coefficient (Wildman–Crippen LogP) is 3.63. The van der Waals surface area contributed by atoms with Gasteiger partial charge in [0, 0.05) is 17.1 Å². The molecule has 0 bridgehead atoms. The standard InChI is InChI=1S/C15H11F4NO3S/c1-8(12(21)13-20-4-5-24-13)14(22)23-7-9-6-10(15(17,18)19)2-3-11(9)16/h2-6,12,21H,1,7H2. The maximum atomic E-state index is 13.6. The number of ether oxygens (including phenoxy) is 1. The molecule has 128 valence electrons. The largest absolute Gasteiger partial charge is 0.457 e. The van der Waals surface area contributed by atoms with Gasteiger partial charge in [-0.1, -0.05) is 6.58 Å². The van der Waals surface area contributed by atoms with E-state index in [-0.39, 0.29) is 10.6 Å². The van der Waals surface area contributed by atoms with Crippen LogP contribution in [0.5, 0.6) is 0 Å². The normalized spacial score (nSPS) is 12.7. The number of aliphatic hydroxyl groups excluding tert-OH is 1. The molecular weight excluding hydrogens is 350 g/mol. The number of esters is 1. The molecule has 1 atom stereocenters.